The van der Waals surface area contributed by atoms with Crippen molar-refractivity contribution in [1.82, 2.24) is 0 Å². The predicted molar refractivity (Wildman–Crippen MR) is 78.3 cm³/mol. The molecule has 19 heavy (non-hydrogen) atoms. The highest BCUT2D eigenvalue weighted by atomic mass is 32.2. The average molecular weight is 273 g/mol. The van der Waals surface area contributed by atoms with Gasteiger partial charge in [-0.25, -0.2) is 0 Å². The van der Waals surface area contributed by atoms with Crippen LogP contribution in [0.4, 0.5) is 0 Å². The summed E-state index contributed by atoms with van der Waals surface area (Å²) in [7, 11) is 0. The van der Waals surface area contributed by atoms with E-state index in [9.17, 15) is 4.79 Å². The third-order valence-corrected chi connectivity index (χ3v) is 3.42. The van der Waals surface area contributed by atoms with E-state index in [0.29, 0.717) is 5.75 Å². The van der Waals surface area contributed by atoms with Gasteiger partial charge in [-0.05, 0) is 29.8 Å². The molecule has 98 valence electrons. The number of para-hydroxylation sites is 1. The molecule has 0 fully saturated rings. The molecule has 2 aromatic carbocycles. The third-order valence-electron chi connectivity index (χ3n) is 2.39. The summed E-state index contributed by atoms with van der Waals surface area (Å²) in [5.74, 6) is 2.40. The lowest BCUT2D eigenvalue weighted by Crippen LogP contribution is -2.13. The molecule has 0 unspecified atom stereocenters. The minimum Gasteiger partial charge on any atom is -0.457 e. The van der Waals surface area contributed by atoms with Crippen molar-refractivity contribution in [2.24, 2.45) is 5.73 Å². The van der Waals surface area contributed by atoms with Gasteiger partial charge in [-0.2, -0.15) is 0 Å². The second-order valence-corrected chi connectivity index (χ2v) is 5.01. The number of nitrogens with two attached hydrogens (primary N) is 1. The number of ether oxygens (including phenoxy) is 1. The standard InChI is InChI=1S/C15H15NO2S/c16-15(17)11-19-10-12-5-4-8-14(9-12)18-13-6-2-1-3-7-13/h1-9H,10-11H2,(H2,16,17). The van der Waals surface area contributed by atoms with Crippen molar-refractivity contribution in [2.45, 2.75) is 5.75 Å². The van der Waals surface area contributed by atoms with Crippen LogP contribution in [0.3, 0.4) is 0 Å². The molecule has 0 aliphatic heterocycles. The van der Waals surface area contributed by atoms with Gasteiger partial charge in [0.25, 0.3) is 0 Å². The van der Waals surface area contributed by atoms with Crippen LogP contribution in [0.2, 0.25) is 0 Å². The molecule has 2 N–H and O–H groups in total. The van der Waals surface area contributed by atoms with Gasteiger partial charge in [0.1, 0.15) is 11.5 Å². The largest absolute Gasteiger partial charge is 0.457 e. The van der Waals surface area contributed by atoms with Gasteiger partial charge in [0.05, 0.1) is 5.75 Å². The Morgan fingerprint density at radius 1 is 1.05 bits per heavy atom. The topological polar surface area (TPSA) is 52.3 Å². The quantitative estimate of drug-likeness (QED) is 0.879. The van der Waals surface area contributed by atoms with Gasteiger partial charge in [-0.1, -0.05) is 30.3 Å². The number of primary amides is 1. The van der Waals surface area contributed by atoms with E-state index in [1.807, 2.05) is 54.6 Å². The fraction of sp³-hybridized carbons (Fsp3) is 0.133. The summed E-state index contributed by atoms with van der Waals surface area (Å²) in [4.78, 5) is 10.7. The molecule has 0 saturated carbocycles. The van der Waals surface area contributed by atoms with E-state index >= 15 is 0 Å². The van der Waals surface area contributed by atoms with Gasteiger partial charge in [-0.15, -0.1) is 11.8 Å². The molecule has 0 spiro atoms. The smallest absolute Gasteiger partial charge is 0.227 e. The van der Waals surface area contributed by atoms with E-state index in [1.165, 1.54) is 11.8 Å². The lowest BCUT2D eigenvalue weighted by molar-refractivity contribution is -0.115. The van der Waals surface area contributed by atoms with Crippen molar-refractivity contribution in [2.75, 3.05) is 5.75 Å². The molecule has 0 saturated heterocycles. The number of amides is 1. The SMILES string of the molecule is NC(=O)CSCc1cccc(Oc2ccccc2)c1. The van der Waals surface area contributed by atoms with Gasteiger partial charge in [0, 0.05) is 5.75 Å². The van der Waals surface area contributed by atoms with E-state index in [0.717, 1.165) is 22.8 Å². The molecule has 2 aromatic rings. The summed E-state index contributed by atoms with van der Waals surface area (Å²) < 4.78 is 5.75. The Bertz CT molecular complexity index is 543. The number of thioether (sulfide) groups is 1. The summed E-state index contributed by atoms with van der Waals surface area (Å²) in [6, 6.07) is 17.5. The average Bonchev–Trinajstić information content (AvgIpc) is 2.40. The van der Waals surface area contributed by atoms with E-state index in [4.69, 9.17) is 10.5 Å². The molecule has 4 heteroatoms. The molecule has 2 rings (SSSR count). The number of carbonyl (C=O) groups excluding carboxylic acids is 1. The van der Waals surface area contributed by atoms with Crippen molar-refractivity contribution < 1.29 is 9.53 Å². The molecule has 0 bridgehead atoms. The van der Waals surface area contributed by atoms with Crippen molar-refractivity contribution in [3.05, 3.63) is 60.2 Å². The Morgan fingerprint density at radius 2 is 1.79 bits per heavy atom. The molecule has 0 aromatic heterocycles. The van der Waals surface area contributed by atoms with Crippen molar-refractivity contribution >= 4 is 17.7 Å². The van der Waals surface area contributed by atoms with Crippen LogP contribution in [0, 0.1) is 0 Å². The second-order valence-electron chi connectivity index (χ2n) is 4.02. The van der Waals surface area contributed by atoms with Crippen LogP contribution in [0.25, 0.3) is 0 Å². The number of benzene rings is 2. The fourth-order valence-electron chi connectivity index (χ4n) is 1.59. The first-order valence-corrected chi connectivity index (χ1v) is 7.07. The van der Waals surface area contributed by atoms with Crippen LogP contribution in [0.1, 0.15) is 5.56 Å². The zero-order valence-corrected chi connectivity index (χ0v) is 11.2. The predicted octanol–water partition coefficient (Wildman–Crippen LogP) is 3.20. The first kappa shape index (κ1) is 13.5. The highest BCUT2D eigenvalue weighted by molar-refractivity contribution is 7.99. The Kier molecular flexibility index (Phi) is 4.86. The van der Waals surface area contributed by atoms with E-state index in [2.05, 4.69) is 0 Å². The van der Waals surface area contributed by atoms with Crippen LogP contribution >= 0.6 is 11.8 Å². The monoisotopic (exact) mass is 273 g/mol. The third kappa shape index (κ3) is 4.67. The van der Waals surface area contributed by atoms with Crippen LogP contribution in [0.5, 0.6) is 11.5 Å². The summed E-state index contributed by atoms with van der Waals surface area (Å²) in [6.45, 7) is 0. The van der Waals surface area contributed by atoms with Crippen molar-refractivity contribution in [3.63, 3.8) is 0 Å². The Labute approximate surface area is 116 Å². The summed E-state index contributed by atoms with van der Waals surface area (Å²) in [5.41, 5.74) is 6.22. The number of carbonyl (C=O) groups is 1. The summed E-state index contributed by atoms with van der Waals surface area (Å²) in [6.07, 6.45) is 0. The van der Waals surface area contributed by atoms with Crippen molar-refractivity contribution in [1.29, 1.82) is 0 Å². The van der Waals surface area contributed by atoms with Gasteiger partial charge < -0.3 is 10.5 Å². The summed E-state index contributed by atoms with van der Waals surface area (Å²) in [5, 5.41) is 0. The van der Waals surface area contributed by atoms with Crippen LogP contribution in [-0.4, -0.2) is 11.7 Å². The highest BCUT2D eigenvalue weighted by Gasteiger charge is 2.00. The van der Waals surface area contributed by atoms with Crippen molar-refractivity contribution in [3.8, 4) is 11.5 Å². The zero-order valence-electron chi connectivity index (χ0n) is 10.4. The van der Waals surface area contributed by atoms with E-state index in [-0.39, 0.29) is 5.91 Å². The molecule has 1 amide bonds. The van der Waals surface area contributed by atoms with Gasteiger partial charge in [0.2, 0.25) is 5.91 Å². The second kappa shape index (κ2) is 6.85. The fourth-order valence-corrected chi connectivity index (χ4v) is 2.31. The zero-order chi connectivity index (χ0) is 13.5. The highest BCUT2D eigenvalue weighted by Crippen LogP contribution is 2.23. The molecule has 3 nitrogen and oxygen atoms in total. The maximum absolute atomic E-state index is 10.7. The minimum absolute atomic E-state index is 0.290. The number of rotatable bonds is 6. The van der Waals surface area contributed by atoms with Crippen LogP contribution in [0.15, 0.2) is 54.6 Å². The van der Waals surface area contributed by atoms with E-state index in [1.54, 1.807) is 0 Å². The first-order chi connectivity index (χ1) is 9.24. The number of hydrogen-bond acceptors (Lipinski definition) is 3. The first-order valence-electron chi connectivity index (χ1n) is 5.92. The van der Waals surface area contributed by atoms with Gasteiger partial charge in [0.15, 0.2) is 0 Å². The van der Waals surface area contributed by atoms with Crippen LogP contribution < -0.4 is 10.5 Å². The van der Waals surface area contributed by atoms with Crippen LogP contribution in [-0.2, 0) is 10.5 Å². The maximum Gasteiger partial charge on any atom is 0.227 e. The van der Waals surface area contributed by atoms with Gasteiger partial charge in [-0.3, -0.25) is 4.79 Å². The molecule has 0 aliphatic rings. The molecular weight excluding hydrogens is 258 g/mol. The Morgan fingerprint density at radius 3 is 2.53 bits per heavy atom. The summed E-state index contributed by atoms with van der Waals surface area (Å²) >= 11 is 1.50. The molecule has 0 radical (unpaired) electrons. The lowest BCUT2D eigenvalue weighted by Gasteiger charge is -2.07. The Hall–Kier alpha value is -1.94. The molecule has 0 atom stereocenters. The molecule has 0 heterocycles. The molecular formula is C15H15NO2S. The molecule has 0 aliphatic carbocycles. The number of hydrogen-bond donors (Lipinski definition) is 1. The minimum atomic E-state index is -0.290. The van der Waals surface area contributed by atoms with Gasteiger partial charge >= 0.3 is 0 Å². The Balaban J connectivity index is 1.97. The lowest BCUT2D eigenvalue weighted by atomic mass is 10.2. The maximum atomic E-state index is 10.7. The normalized spacial score (nSPS) is 10.1. The van der Waals surface area contributed by atoms with E-state index < -0.39 is 0 Å².